The number of aromatic nitrogens is 3. The highest BCUT2D eigenvalue weighted by Gasteiger charge is 2.25. The number of amides is 2. The van der Waals surface area contributed by atoms with Gasteiger partial charge in [0, 0.05) is 19.9 Å². The highest BCUT2D eigenvalue weighted by molar-refractivity contribution is 6.40. The molecule has 0 fully saturated rings. The van der Waals surface area contributed by atoms with E-state index < -0.39 is 5.82 Å². The Balaban J connectivity index is 1.72. The average Bonchev–Trinajstić information content (AvgIpc) is 2.99. The van der Waals surface area contributed by atoms with Gasteiger partial charge in [-0.15, -0.1) is 0 Å². The van der Waals surface area contributed by atoms with E-state index in [4.69, 9.17) is 0 Å². The van der Waals surface area contributed by atoms with E-state index in [0.29, 0.717) is 11.4 Å². The summed E-state index contributed by atoms with van der Waals surface area (Å²) in [5, 5.41) is 15.9. The first-order valence-electron chi connectivity index (χ1n) is 7.32. The largest absolute Gasteiger partial charge is 0.345 e. The number of nitrogens with one attached hydrogen (secondary N) is 1. The second kappa shape index (κ2) is 6.57. The van der Waals surface area contributed by atoms with Crippen LogP contribution in [0.2, 0.25) is 0 Å². The molecule has 0 aliphatic carbocycles. The van der Waals surface area contributed by atoms with Crippen molar-refractivity contribution in [2.45, 2.75) is 19.4 Å². The quantitative estimate of drug-likeness (QED) is 0.895. The highest BCUT2D eigenvalue weighted by atomic mass is 19.1. The fourth-order valence-electron chi connectivity index (χ4n) is 2.24. The van der Waals surface area contributed by atoms with E-state index in [-0.39, 0.29) is 36.9 Å². The van der Waals surface area contributed by atoms with Gasteiger partial charge in [0.1, 0.15) is 17.2 Å². The molecule has 1 aromatic carbocycles. The molecule has 8 nitrogen and oxygen atoms in total. The zero-order valence-corrected chi connectivity index (χ0v) is 12.9. The van der Waals surface area contributed by atoms with Gasteiger partial charge in [-0.05, 0) is 24.3 Å². The molecule has 0 atom stereocenters. The van der Waals surface area contributed by atoms with Gasteiger partial charge in [0.2, 0.25) is 5.91 Å². The summed E-state index contributed by atoms with van der Waals surface area (Å²) in [6.45, 7) is 0.218. The zero-order valence-electron chi connectivity index (χ0n) is 12.9. The third-order valence-electron chi connectivity index (χ3n) is 3.44. The van der Waals surface area contributed by atoms with Gasteiger partial charge >= 0.3 is 0 Å². The standard InChI is InChI=1S/C15H15FN6O2/c1-21-18-9-11(19-21)8-17-15(24)13-6-7-14(23)22(20-13)12-4-2-10(16)3-5-12/h2-5,9H,6-8H2,1H3,(H,17,24). The van der Waals surface area contributed by atoms with Crippen molar-refractivity contribution in [2.24, 2.45) is 12.1 Å². The maximum atomic E-state index is 13.0. The van der Waals surface area contributed by atoms with Gasteiger partial charge < -0.3 is 5.32 Å². The number of hydrogen-bond acceptors (Lipinski definition) is 5. The molecule has 0 spiro atoms. The topological polar surface area (TPSA) is 92.5 Å². The van der Waals surface area contributed by atoms with E-state index in [2.05, 4.69) is 20.6 Å². The summed E-state index contributed by atoms with van der Waals surface area (Å²) in [5.41, 5.74) is 1.27. The number of carbonyl (C=O) groups excluding carboxylic acids is 2. The first-order valence-corrected chi connectivity index (χ1v) is 7.32. The number of hydrogen-bond donors (Lipinski definition) is 1. The van der Waals surface area contributed by atoms with Crippen molar-refractivity contribution in [1.82, 2.24) is 20.3 Å². The molecule has 124 valence electrons. The molecule has 2 amide bonds. The maximum Gasteiger partial charge on any atom is 0.267 e. The van der Waals surface area contributed by atoms with Crippen molar-refractivity contribution < 1.29 is 14.0 Å². The summed E-state index contributed by atoms with van der Waals surface area (Å²) in [7, 11) is 1.68. The SMILES string of the molecule is Cn1ncc(CNC(=O)C2=NN(c3ccc(F)cc3)C(=O)CC2)n1. The van der Waals surface area contributed by atoms with Crippen molar-refractivity contribution >= 4 is 23.2 Å². The highest BCUT2D eigenvalue weighted by Crippen LogP contribution is 2.20. The van der Waals surface area contributed by atoms with Crippen LogP contribution in [0.3, 0.4) is 0 Å². The third kappa shape index (κ3) is 3.45. The van der Waals surface area contributed by atoms with Crippen LogP contribution in [0, 0.1) is 5.82 Å². The first kappa shape index (κ1) is 15.8. The van der Waals surface area contributed by atoms with E-state index in [1.807, 2.05) is 0 Å². The minimum absolute atomic E-state index is 0.161. The summed E-state index contributed by atoms with van der Waals surface area (Å²) in [6, 6.07) is 5.36. The van der Waals surface area contributed by atoms with Crippen molar-refractivity contribution in [1.29, 1.82) is 0 Å². The van der Waals surface area contributed by atoms with Crippen LogP contribution in [0.25, 0.3) is 0 Å². The Morgan fingerprint density at radius 2 is 2.04 bits per heavy atom. The van der Waals surface area contributed by atoms with Crippen LogP contribution in [0.1, 0.15) is 18.5 Å². The van der Waals surface area contributed by atoms with Gasteiger partial charge in [-0.25, -0.2) is 9.40 Å². The molecule has 9 heteroatoms. The van der Waals surface area contributed by atoms with Crippen molar-refractivity contribution in [3.63, 3.8) is 0 Å². The van der Waals surface area contributed by atoms with E-state index >= 15 is 0 Å². The Hall–Kier alpha value is -3.10. The Morgan fingerprint density at radius 3 is 2.71 bits per heavy atom. The van der Waals surface area contributed by atoms with Crippen LogP contribution >= 0.6 is 0 Å². The van der Waals surface area contributed by atoms with Crippen molar-refractivity contribution in [3.8, 4) is 0 Å². The monoisotopic (exact) mass is 330 g/mol. The minimum atomic E-state index is -0.408. The normalized spacial score (nSPS) is 14.5. The summed E-state index contributed by atoms with van der Waals surface area (Å²) < 4.78 is 13.0. The van der Waals surface area contributed by atoms with E-state index in [1.54, 1.807) is 13.2 Å². The number of rotatable bonds is 4. The van der Waals surface area contributed by atoms with Crippen LogP contribution in [-0.2, 0) is 23.2 Å². The molecule has 3 rings (SSSR count). The van der Waals surface area contributed by atoms with Crippen LogP contribution < -0.4 is 10.3 Å². The van der Waals surface area contributed by atoms with Gasteiger partial charge in [0.15, 0.2) is 0 Å². The Morgan fingerprint density at radius 1 is 1.29 bits per heavy atom. The molecule has 1 aromatic heterocycles. The molecule has 2 aromatic rings. The second-order valence-electron chi connectivity index (χ2n) is 5.24. The number of anilines is 1. The van der Waals surface area contributed by atoms with Crippen molar-refractivity contribution in [2.75, 3.05) is 5.01 Å². The summed E-state index contributed by atoms with van der Waals surface area (Å²) in [6.07, 6.45) is 1.97. The van der Waals surface area contributed by atoms with Gasteiger partial charge in [-0.2, -0.15) is 20.1 Å². The molecule has 0 radical (unpaired) electrons. The molecule has 1 aliphatic rings. The van der Waals surface area contributed by atoms with Crippen LogP contribution in [-0.4, -0.2) is 32.5 Å². The molecule has 0 saturated carbocycles. The third-order valence-corrected chi connectivity index (χ3v) is 3.44. The molecule has 0 bridgehead atoms. The summed E-state index contributed by atoms with van der Waals surface area (Å²) >= 11 is 0. The van der Waals surface area contributed by atoms with Crippen LogP contribution in [0.5, 0.6) is 0 Å². The van der Waals surface area contributed by atoms with E-state index in [9.17, 15) is 14.0 Å². The van der Waals surface area contributed by atoms with E-state index in [0.717, 1.165) is 5.01 Å². The number of halogens is 1. The predicted molar refractivity (Wildman–Crippen MR) is 83.4 cm³/mol. The van der Waals surface area contributed by atoms with Gasteiger partial charge in [-0.1, -0.05) is 0 Å². The van der Waals surface area contributed by atoms with Gasteiger partial charge in [-0.3, -0.25) is 9.59 Å². The first-order chi connectivity index (χ1) is 11.5. The zero-order chi connectivity index (χ0) is 17.1. The Labute approximate surface area is 136 Å². The Kier molecular flexibility index (Phi) is 4.32. The van der Waals surface area contributed by atoms with Gasteiger partial charge in [0.05, 0.1) is 18.4 Å². The van der Waals surface area contributed by atoms with Crippen LogP contribution in [0.15, 0.2) is 35.6 Å². The smallest absolute Gasteiger partial charge is 0.267 e. The second-order valence-corrected chi connectivity index (χ2v) is 5.24. The number of hydrazone groups is 1. The molecule has 1 N–H and O–H groups in total. The minimum Gasteiger partial charge on any atom is -0.345 e. The Bertz CT molecular complexity index is 799. The maximum absolute atomic E-state index is 13.0. The molecular formula is C15H15FN6O2. The number of aryl methyl sites for hydroxylation is 1. The predicted octanol–water partition coefficient (Wildman–Crippen LogP) is 0.753. The lowest BCUT2D eigenvalue weighted by atomic mass is 10.1. The fourth-order valence-corrected chi connectivity index (χ4v) is 2.24. The van der Waals surface area contributed by atoms with Crippen molar-refractivity contribution in [3.05, 3.63) is 42.0 Å². The number of nitrogens with zero attached hydrogens (tertiary/aromatic N) is 5. The molecule has 0 unspecified atom stereocenters. The molecule has 0 saturated heterocycles. The lowest BCUT2D eigenvalue weighted by Gasteiger charge is -2.23. The molecular weight excluding hydrogens is 315 g/mol. The molecule has 1 aliphatic heterocycles. The average molecular weight is 330 g/mol. The van der Waals surface area contributed by atoms with Gasteiger partial charge in [0.25, 0.3) is 5.91 Å². The lowest BCUT2D eigenvalue weighted by molar-refractivity contribution is -0.119. The number of carbonyl (C=O) groups is 2. The van der Waals surface area contributed by atoms with Crippen LogP contribution in [0.4, 0.5) is 10.1 Å². The molecule has 2 heterocycles. The lowest BCUT2D eigenvalue weighted by Crippen LogP contribution is -2.39. The summed E-state index contributed by atoms with van der Waals surface area (Å²) in [4.78, 5) is 25.6. The summed E-state index contributed by atoms with van der Waals surface area (Å²) in [5.74, 6) is -1.03. The molecule has 24 heavy (non-hydrogen) atoms. The number of benzene rings is 1. The van der Waals surface area contributed by atoms with E-state index in [1.165, 1.54) is 29.1 Å². The fraction of sp³-hybridized carbons (Fsp3) is 0.267.